The van der Waals surface area contributed by atoms with Crippen LogP contribution in [0, 0.1) is 28.7 Å². The highest BCUT2D eigenvalue weighted by Gasteiger charge is 2.33. The fourth-order valence-electron chi connectivity index (χ4n) is 3.98. The fourth-order valence-corrected chi connectivity index (χ4v) is 3.98. The molecule has 2 N–H and O–H groups in total. The van der Waals surface area contributed by atoms with Gasteiger partial charge in [0.25, 0.3) is 5.91 Å². The summed E-state index contributed by atoms with van der Waals surface area (Å²) in [5, 5.41) is 16.5. The van der Waals surface area contributed by atoms with E-state index in [1.54, 1.807) is 0 Å². The lowest BCUT2D eigenvalue weighted by Crippen LogP contribution is -2.36. The smallest absolute Gasteiger partial charge is 0.250 e. The van der Waals surface area contributed by atoms with Gasteiger partial charge < -0.3 is 15.4 Å². The molecule has 0 unspecified atom stereocenters. The molecule has 0 spiro atoms. The lowest BCUT2D eigenvalue weighted by atomic mass is 9.84. The van der Waals surface area contributed by atoms with Gasteiger partial charge in [0.1, 0.15) is 23.3 Å². The number of benzene rings is 2. The van der Waals surface area contributed by atoms with E-state index in [9.17, 15) is 32.3 Å². The molecular weight excluding hydrogens is 428 g/mol. The number of aliphatic hydroxyl groups is 1. The predicted molar refractivity (Wildman–Crippen MR) is 108 cm³/mol. The van der Waals surface area contributed by atoms with Crippen LogP contribution in [0.2, 0.25) is 0 Å². The predicted octanol–water partition coefficient (Wildman–Crippen LogP) is 4.42. The van der Waals surface area contributed by atoms with Gasteiger partial charge in [-0.2, -0.15) is 0 Å². The summed E-state index contributed by atoms with van der Waals surface area (Å²) < 4.78 is 56.1. The monoisotopic (exact) mass is 448 g/mol. The first kappa shape index (κ1) is 23.2. The van der Waals surface area contributed by atoms with Crippen LogP contribution in [-0.4, -0.2) is 40.5 Å². The Balaban J connectivity index is 1.96. The molecule has 168 valence electrons. The van der Waals surface area contributed by atoms with Gasteiger partial charge in [0, 0.05) is 36.7 Å². The van der Waals surface area contributed by atoms with Crippen molar-refractivity contribution in [1.29, 1.82) is 5.41 Å². The molecule has 5 nitrogen and oxygen atoms in total. The molecule has 1 amide bonds. The number of amides is 1. The second-order valence-corrected chi connectivity index (χ2v) is 7.49. The average Bonchev–Trinajstić information content (AvgIpc) is 3.20. The van der Waals surface area contributed by atoms with Gasteiger partial charge in [-0.1, -0.05) is 12.1 Å². The molecule has 2 aromatic rings. The number of rotatable bonds is 7. The van der Waals surface area contributed by atoms with E-state index >= 15 is 0 Å². The van der Waals surface area contributed by atoms with Crippen molar-refractivity contribution in [3.63, 3.8) is 0 Å². The van der Waals surface area contributed by atoms with Gasteiger partial charge >= 0.3 is 0 Å². The molecule has 1 aliphatic heterocycles. The molecule has 2 aromatic carbocycles. The van der Waals surface area contributed by atoms with Crippen LogP contribution in [0.3, 0.4) is 0 Å². The molecule has 0 saturated carbocycles. The number of nitrogens with zero attached hydrogens (tertiary/aromatic N) is 1. The maximum absolute atomic E-state index is 14.6. The van der Waals surface area contributed by atoms with E-state index < -0.39 is 52.7 Å². The molecule has 1 aliphatic rings. The topological polar surface area (TPSA) is 81.5 Å². The lowest BCUT2D eigenvalue weighted by molar-refractivity contribution is -0.127. The van der Waals surface area contributed by atoms with Crippen molar-refractivity contribution in [2.75, 3.05) is 6.54 Å². The number of hydrogen-bond acceptors (Lipinski definition) is 4. The molecule has 1 fully saturated rings. The van der Waals surface area contributed by atoms with E-state index in [1.165, 1.54) is 17.0 Å². The van der Waals surface area contributed by atoms with Gasteiger partial charge in [-0.25, -0.2) is 17.6 Å². The summed E-state index contributed by atoms with van der Waals surface area (Å²) in [7, 11) is 0. The third-order valence-corrected chi connectivity index (χ3v) is 5.49. The van der Waals surface area contributed by atoms with Gasteiger partial charge in [0.15, 0.2) is 5.76 Å². The van der Waals surface area contributed by atoms with Gasteiger partial charge in [-0.3, -0.25) is 9.59 Å². The highest BCUT2D eigenvalue weighted by Crippen LogP contribution is 2.36. The van der Waals surface area contributed by atoms with E-state index in [0.717, 1.165) is 12.1 Å². The second kappa shape index (κ2) is 9.76. The van der Waals surface area contributed by atoms with Crippen molar-refractivity contribution in [2.45, 2.75) is 31.2 Å². The van der Waals surface area contributed by atoms with Crippen molar-refractivity contribution < 1.29 is 32.3 Å². The minimum absolute atomic E-state index is 0.00594. The molecule has 0 radical (unpaired) electrons. The zero-order valence-electron chi connectivity index (χ0n) is 16.8. The molecule has 0 aliphatic carbocycles. The van der Waals surface area contributed by atoms with Crippen LogP contribution >= 0.6 is 0 Å². The Morgan fingerprint density at radius 1 is 1.06 bits per heavy atom. The summed E-state index contributed by atoms with van der Waals surface area (Å²) in [5.74, 6) is -6.96. The zero-order chi connectivity index (χ0) is 23.4. The number of ketones is 1. The van der Waals surface area contributed by atoms with Crippen LogP contribution in [0.5, 0.6) is 0 Å². The Bertz CT molecular complexity index is 1040. The number of carbonyl (C=O) groups is 2. The molecule has 0 aromatic heterocycles. The molecule has 1 heterocycles. The normalized spacial score (nSPS) is 16.5. The first-order valence-electron chi connectivity index (χ1n) is 9.87. The Kier molecular flexibility index (Phi) is 7.07. The highest BCUT2D eigenvalue weighted by molar-refractivity contribution is 6.33. The number of allylic oxidation sites excluding steroid dienone is 1. The Morgan fingerprint density at radius 3 is 2.12 bits per heavy atom. The van der Waals surface area contributed by atoms with Crippen LogP contribution in [0.25, 0.3) is 0 Å². The van der Waals surface area contributed by atoms with E-state index in [0.29, 0.717) is 37.3 Å². The molecule has 9 heteroatoms. The number of likely N-dealkylation sites (tertiary alicyclic amines) is 1. The van der Waals surface area contributed by atoms with Crippen molar-refractivity contribution in [1.82, 2.24) is 4.90 Å². The third-order valence-electron chi connectivity index (χ3n) is 5.49. The molecule has 1 saturated heterocycles. The number of carbonyl (C=O) groups excluding carboxylic acids is 2. The summed E-state index contributed by atoms with van der Waals surface area (Å²) in [4.78, 5) is 25.3. The van der Waals surface area contributed by atoms with Gasteiger partial charge in [0.2, 0.25) is 5.78 Å². The number of nitrogens with one attached hydrogen (secondary N) is 1. The molecule has 32 heavy (non-hydrogen) atoms. The van der Waals surface area contributed by atoms with E-state index in [2.05, 4.69) is 0 Å². The quantitative estimate of drug-likeness (QED) is 0.285. The van der Waals surface area contributed by atoms with Gasteiger partial charge in [-0.05, 0) is 42.5 Å². The molecular formula is C23H20F4N2O3. The van der Waals surface area contributed by atoms with E-state index in [1.807, 2.05) is 0 Å². The fraction of sp³-hybridized carbons (Fsp3) is 0.261. The van der Waals surface area contributed by atoms with Crippen LogP contribution in [-0.2, 0) is 9.59 Å². The molecule has 0 bridgehead atoms. The number of Topliss-reactive ketones (excluding diaryl/α,β-unsaturated/α-hetero) is 1. The first-order chi connectivity index (χ1) is 15.2. The third kappa shape index (κ3) is 5.04. The lowest BCUT2D eigenvalue weighted by Gasteiger charge is -2.28. The summed E-state index contributed by atoms with van der Waals surface area (Å²) >= 11 is 0. The Hall–Kier alpha value is -3.49. The Labute approximate surface area is 181 Å². The minimum atomic E-state index is -1.03. The maximum atomic E-state index is 14.6. The summed E-state index contributed by atoms with van der Waals surface area (Å²) in [5.41, 5.74) is -0.0119. The van der Waals surface area contributed by atoms with Crippen LogP contribution in [0.1, 0.15) is 36.3 Å². The highest BCUT2D eigenvalue weighted by atomic mass is 19.1. The zero-order valence-corrected chi connectivity index (χ0v) is 16.8. The maximum Gasteiger partial charge on any atom is 0.250 e. The van der Waals surface area contributed by atoms with Gasteiger partial charge in [0.05, 0.1) is 6.21 Å². The van der Waals surface area contributed by atoms with Crippen LogP contribution in [0.15, 0.2) is 48.2 Å². The van der Waals surface area contributed by atoms with Gasteiger partial charge in [-0.15, -0.1) is 0 Å². The standard InChI is InChI=1S/C23H20F4N2O3/c24-13-3-5-16(19(26)8-13)18(17-6-4-14(25)9-20(17)27)10-15-2-1-7-29(15)23(32)11-21(30)22(31)12-28/h3-6,8-9,11-12,15,18,28,30H,1-2,7,10H2/b21-11-,28-12?/t15-/m1/s1. The number of hydrogen-bond donors (Lipinski definition) is 2. The Morgan fingerprint density at radius 2 is 1.62 bits per heavy atom. The van der Waals surface area contributed by atoms with Crippen molar-refractivity contribution >= 4 is 17.9 Å². The van der Waals surface area contributed by atoms with Crippen molar-refractivity contribution in [3.8, 4) is 0 Å². The molecule has 1 atom stereocenters. The minimum Gasteiger partial charge on any atom is -0.504 e. The SMILES string of the molecule is N=CC(=O)/C(O)=C/C(=O)N1CCC[C@@H]1CC(c1ccc(F)cc1F)c1ccc(F)cc1F. The second-order valence-electron chi connectivity index (χ2n) is 7.49. The van der Waals surface area contributed by atoms with Crippen molar-refractivity contribution in [3.05, 3.63) is 82.6 Å². The van der Waals surface area contributed by atoms with Crippen LogP contribution < -0.4 is 0 Å². The van der Waals surface area contributed by atoms with Crippen molar-refractivity contribution in [2.24, 2.45) is 0 Å². The van der Waals surface area contributed by atoms with Crippen LogP contribution in [0.4, 0.5) is 17.6 Å². The average molecular weight is 448 g/mol. The number of aliphatic hydroxyl groups excluding tert-OH is 1. The summed E-state index contributed by atoms with van der Waals surface area (Å²) in [6, 6.07) is 5.28. The summed E-state index contributed by atoms with van der Waals surface area (Å²) in [6.45, 7) is 0.288. The van der Waals surface area contributed by atoms with E-state index in [4.69, 9.17) is 5.41 Å². The molecule has 3 rings (SSSR count). The first-order valence-corrected chi connectivity index (χ1v) is 9.87. The number of halogens is 4. The largest absolute Gasteiger partial charge is 0.504 e. The summed E-state index contributed by atoms with van der Waals surface area (Å²) in [6.07, 6.45) is 2.18. The van der Waals surface area contributed by atoms with E-state index in [-0.39, 0.29) is 24.1 Å².